The Labute approximate surface area is 172 Å². The van der Waals surface area contributed by atoms with Crippen molar-refractivity contribution in [3.63, 3.8) is 0 Å². The highest BCUT2D eigenvalue weighted by Gasteiger charge is 2.33. The van der Waals surface area contributed by atoms with Crippen molar-refractivity contribution in [3.05, 3.63) is 62.6 Å². The summed E-state index contributed by atoms with van der Waals surface area (Å²) in [5, 5.41) is 0.567. The van der Waals surface area contributed by atoms with E-state index in [9.17, 15) is 8.42 Å². The molecule has 5 nitrogen and oxygen atoms in total. The lowest BCUT2D eigenvalue weighted by Crippen LogP contribution is -2.48. The van der Waals surface area contributed by atoms with Crippen molar-refractivity contribution in [1.82, 2.24) is 4.31 Å². The van der Waals surface area contributed by atoms with Gasteiger partial charge in [-0.15, -0.1) is 0 Å². The number of halogens is 2. The zero-order valence-corrected chi connectivity index (χ0v) is 17.6. The molecule has 1 fully saturated rings. The molecule has 27 heavy (non-hydrogen) atoms. The van der Waals surface area contributed by atoms with Gasteiger partial charge >= 0.3 is 10.2 Å². The molecule has 1 saturated heterocycles. The molecule has 0 amide bonds. The third-order valence-corrected chi connectivity index (χ3v) is 7.33. The molecule has 0 saturated carbocycles. The van der Waals surface area contributed by atoms with Crippen LogP contribution in [0.5, 0.6) is 0 Å². The van der Waals surface area contributed by atoms with E-state index >= 15 is 0 Å². The summed E-state index contributed by atoms with van der Waals surface area (Å²) in [4.78, 5) is 0. The Bertz CT molecular complexity index is 1000. The minimum atomic E-state index is -3.71. The average Bonchev–Trinajstić information content (AvgIpc) is 2.65. The summed E-state index contributed by atoms with van der Waals surface area (Å²) in [7, 11) is -3.71. The van der Waals surface area contributed by atoms with Crippen LogP contribution in [0.4, 0.5) is 5.69 Å². The highest BCUT2D eigenvalue weighted by atomic mass is 79.9. The van der Waals surface area contributed by atoms with Gasteiger partial charge in [-0.2, -0.15) is 12.7 Å². The lowest BCUT2D eigenvalue weighted by molar-refractivity contribution is 0.0729. The summed E-state index contributed by atoms with van der Waals surface area (Å²) in [6.07, 6.45) is 3.90. The Hall–Kier alpha value is -1.38. The van der Waals surface area contributed by atoms with Crippen LogP contribution in [0.3, 0.4) is 0 Å². The van der Waals surface area contributed by atoms with E-state index in [1.807, 2.05) is 30.4 Å². The van der Waals surface area contributed by atoms with E-state index < -0.39 is 10.2 Å². The molecule has 2 heterocycles. The maximum Gasteiger partial charge on any atom is 0.304 e. The fourth-order valence-electron chi connectivity index (χ4n) is 3.29. The van der Waals surface area contributed by atoms with Crippen LogP contribution in [0.25, 0.3) is 12.2 Å². The van der Waals surface area contributed by atoms with Crippen LogP contribution < -0.4 is 4.31 Å². The number of ether oxygens (including phenoxy) is 1. The molecule has 0 aliphatic carbocycles. The fourth-order valence-corrected chi connectivity index (χ4v) is 5.46. The van der Waals surface area contributed by atoms with Crippen molar-refractivity contribution in [2.24, 2.45) is 0 Å². The lowest BCUT2D eigenvalue weighted by Gasteiger charge is -2.34. The predicted molar refractivity (Wildman–Crippen MR) is 112 cm³/mol. The molecule has 0 N–H and O–H groups in total. The van der Waals surface area contributed by atoms with Crippen LogP contribution in [-0.4, -0.2) is 39.0 Å². The molecule has 2 aromatic rings. The van der Waals surface area contributed by atoms with Crippen LogP contribution >= 0.6 is 27.5 Å². The monoisotopic (exact) mass is 468 g/mol. The second-order valence-electron chi connectivity index (χ2n) is 6.41. The van der Waals surface area contributed by atoms with E-state index in [0.29, 0.717) is 37.0 Å². The molecular weight excluding hydrogens is 452 g/mol. The van der Waals surface area contributed by atoms with E-state index in [-0.39, 0.29) is 6.54 Å². The van der Waals surface area contributed by atoms with Crippen molar-refractivity contribution in [3.8, 4) is 0 Å². The first-order chi connectivity index (χ1) is 12.9. The zero-order chi connectivity index (χ0) is 19.0. The van der Waals surface area contributed by atoms with E-state index in [1.54, 1.807) is 18.2 Å². The largest absolute Gasteiger partial charge is 0.379 e. The lowest BCUT2D eigenvalue weighted by atomic mass is 10.0. The Morgan fingerprint density at radius 1 is 1.00 bits per heavy atom. The summed E-state index contributed by atoms with van der Waals surface area (Å²) >= 11 is 9.66. The van der Waals surface area contributed by atoms with E-state index in [4.69, 9.17) is 16.3 Å². The third-order valence-electron chi connectivity index (χ3n) is 4.70. The first-order valence-electron chi connectivity index (χ1n) is 8.57. The number of hydrogen-bond acceptors (Lipinski definition) is 3. The van der Waals surface area contributed by atoms with E-state index in [2.05, 4.69) is 15.9 Å². The Balaban J connectivity index is 1.87. The molecule has 0 radical (unpaired) electrons. The van der Waals surface area contributed by atoms with Gasteiger partial charge in [-0.1, -0.05) is 45.7 Å². The molecule has 0 spiro atoms. The molecule has 8 heteroatoms. The van der Waals surface area contributed by atoms with Gasteiger partial charge in [0.05, 0.1) is 25.4 Å². The molecule has 2 aromatic carbocycles. The zero-order valence-electron chi connectivity index (χ0n) is 14.4. The fraction of sp³-hybridized carbons (Fsp3) is 0.263. The van der Waals surface area contributed by atoms with Crippen molar-refractivity contribution in [1.29, 1.82) is 0 Å². The van der Waals surface area contributed by atoms with Crippen LogP contribution in [0.15, 0.2) is 40.9 Å². The normalized spacial score (nSPS) is 17.8. The van der Waals surface area contributed by atoms with Crippen LogP contribution in [-0.2, 0) is 21.5 Å². The number of rotatable bonds is 2. The second kappa shape index (κ2) is 7.56. The number of hydrogen-bond donors (Lipinski definition) is 0. The minimum absolute atomic E-state index is 0.251. The molecule has 2 aliphatic rings. The standard InChI is InChI=1S/C19H18BrClN2O3S/c20-17-4-3-16-13-23(27(24,25)22-7-9-26-10-8-22)19-6-5-18(21)12-15(19)2-1-14(16)11-17/h1-6,11-12H,7-10,13H2. The topological polar surface area (TPSA) is 49.9 Å². The van der Waals surface area contributed by atoms with Gasteiger partial charge in [0.1, 0.15) is 0 Å². The van der Waals surface area contributed by atoms with Gasteiger partial charge in [0.2, 0.25) is 0 Å². The van der Waals surface area contributed by atoms with Gasteiger partial charge < -0.3 is 4.74 Å². The molecule has 0 aromatic heterocycles. The molecular formula is C19H18BrClN2O3S. The van der Waals surface area contributed by atoms with Crippen molar-refractivity contribution < 1.29 is 13.2 Å². The maximum atomic E-state index is 13.5. The Morgan fingerprint density at radius 3 is 2.52 bits per heavy atom. The third kappa shape index (κ3) is 3.79. The number of nitrogens with zero attached hydrogens (tertiary/aromatic N) is 2. The van der Waals surface area contributed by atoms with Gasteiger partial charge in [-0.05, 0) is 41.5 Å². The predicted octanol–water partition coefficient (Wildman–Crippen LogP) is 4.17. The number of anilines is 1. The molecule has 0 atom stereocenters. The molecule has 0 bridgehead atoms. The molecule has 142 valence electrons. The van der Waals surface area contributed by atoms with Gasteiger partial charge in [-0.3, -0.25) is 4.31 Å². The van der Waals surface area contributed by atoms with Crippen molar-refractivity contribution in [2.75, 3.05) is 30.6 Å². The maximum absolute atomic E-state index is 13.5. The summed E-state index contributed by atoms with van der Waals surface area (Å²) in [5.74, 6) is 0. The number of fused-ring (bicyclic) bond motifs is 2. The van der Waals surface area contributed by atoms with E-state index in [1.165, 1.54) is 8.61 Å². The molecule has 4 rings (SSSR count). The minimum Gasteiger partial charge on any atom is -0.379 e. The Kier molecular flexibility index (Phi) is 5.31. The highest BCUT2D eigenvalue weighted by Crippen LogP contribution is 2.34. The summed E-state index contributed by atoms with van der Waals surface area (Å²) < 4.78 is 36.1. The number of morpholine rings is 1. The van der Waals surface area contributed by atoms with E-state index in [0.717, 1.165) is 21.2 Å². The summed E-state index contributed by atoms with van der Waals surface area (Å²) in [6, 6.07) is 11.1. The Morgan fingerprint density at radius 2 is 1.74 bits per heavy atom. The van der Waals surface area contributed by atoms with Crippen molar-refractivity contribution >= 4 is 55.6 Å². The quantitative estimate of drug-likeness (QED) is 0.663. The summed E-state index contributed by atoms with van der Waals surface area (Å²) in [5.41, 5.74) is 3.30. The van der Waals surface area contributed by atoms with Crippen LogP contribution in [0.2, 0.25) is 5.02 Å². The highest BCUT2D eigenvalue weighted by molar-refractivity contribution is 9.10. The average molecular weight is 470 g/mol. The SMILES string of the molecule is O=S(=O)(N1CCOCC1)N1Cc2ccc(Br)cc2C=Cc2cc(Cl)ccc21. The van der Waals surface area contributed by atoms with Crippen LogP contribution in [0.1, 0.15) is 16.7 Å². The smallest absolute Gasteiger partial charge is 0.304 e. The van der Waals surface area contributed by atoms with Gasteiger partial charge in [0.25, 0.3) is 0 Å². The number of benzene rings is 2. The molecule has 2 aliphatic heterocycles. The first kappa shape index (κ1) is 19.0. The van der Waals surface area contributed by atoms with Gasteiger partial charge in [0, 0.05) is 28.1 Å². The second-order valence-corrected chi connectivity index (χ2v) is 9.61. The van der Waals surface area contributed by atoms with Gasteiger partial charge in [-0.25, -0.2) is 0 Å². The van der Waals surface area contributed by atoms with Gasteiger partial charge in [0.15, 0.2) is 0 Å². The van der Waals surface area contributed by atoms with Crippen LogP contribution in [0, 0.1) is 0 Å². The molecule has 0 unspecified atom stereocenters. The first-order valence-corrected chi connectivity index (χ1v) is 11.1. The van der Waals surface area contributed by atoms with Crippen molar-refractivity contribution in [2.45, 2.75) is 6.54 Å². The summed E-state index contributed by atoms with van der Waals surface area (Å²) in [6.45, 7) is 1.77.